The zero-order valence-electron chi connectivity index (χ0n) is 64.3. The molecule has 6 aromatic rings. The Labute approximate surface area is 645 Å². The molecule has 6 heterocycles. The minimum Gasteiger partial charge on any atom is -0.458 e. The SMILES string of the molecule is CC[C@@]1(O)C(=O)OCc2c1cc1n(c2=O)Cc2c-1nc1ccccc1c2CCN(C(=O)OCc1ccc(NC(=O)[C@H](C)NC(=O)[C@@H](NC(=O)CCOCCOCCOCCOCCOCCOCCOCCOCCNC(=O)[C@H](CS(=O)(=O)O)NC(=O)CCn2c(CN(C)NC)cc3cccnc32)C(C)C)cc1)C(C)C. The van der Waals surface area contributed by atoms with E-state index in [2.05, 4.69) is 37.0 Å². The molecular formula is C76H106N12O22S. The number of anilines is 1. The summed E-state index contributed by atoms with van der Waals surface area (Å²) in [6.07, 6.45) is 1.43. The number of nitrogens with one attached hydrogen (secondary N) is 6. The number of rotatable bonds is 50. The smallest absolute Gasteiger partial charge is 0.410 e. The molecule has 4 atom stereocenters. The van der Waals surface area contributed by atoms with E-state index in [9.17, 15) is 56.4 Å². The van der Waals surface area contributed by atoms with E-state index >= 15 is 0 Å². The van der Waals surface area contributed by atoms with E-state index in [1.54, 1.807) is 73.8 Å². The second-order valence-electron chi connectivity index (χ2n) is 27.2. The fraction of sp³-hybridized carbons (Fsp3) is 0.553. The minimum absolute atomic E-state index is 0.00988. The molecule has 35 heteroatoms. The summed E-state index contributed by atoms with van der Waals surface area (Å²) in [5.74, 6) is -4.93. The molecule has 111 heavy (non-hydrogen) atoms. The van der Waals surface area contributed by atoms with Crippen LogP contribution in [0.2, 0.25) is 0 Å². The van der Waals surface area contributed by atoms with Crippen molar-refractivity contribution in [3.63, 3.8) is 0 Å². The molecule has 0 saturated heterocycles. The van der Waals surface area contributed by atoms with Crippen LogP contribution in [0.25, 0.3) is 33.3 Å². The predicted octanol–water partition coefficient (Wildman–Crippen LogP) is 3.27. The number of pyridine rings is 3. The number of nitrogens with zero attached hydrogens (tertiary/aromatic N) is 6. The van der Waals surface area contributed by atoms with E-state index < -0.39 is 81.2 Å². The monoisotopic (exact) mass is 1570 g/mol. The van der Waals surface area contributed by atoms with Crippen LogP contribution >= 0.6 is 0 Å². The fourth-order valence-corrected chi connectivity index (χ4v) is 13.1. The molecule has 34 nitrogen and oxygen atoms in total. The normalized spacial score (nSPS) is 14.7. The number of benzene rings is 2. The quantitative estimate of drug-likeness (QED) is 0.0117. The number of cyclic esters (lactones) is 1. The zero-order chi connectivity index (χ0) is 80.0. The summed E-state index contributed by atoms with van der Waals surface area (Å²) in [4.78, 5) is 117. The Morgan fingerprint density at radius 2 is 1.32 bits per heavy atom. The highest BCUT2D eigenvalue weighted by atomic mass is 32.2. The molecule has 6 amide bonds. The highest BCUT2D eigenvalue weighted by Gasteiger charge is 2.46. The van der Waals surface area contributed by atoms with Gasteiger partial charge in [-0.25, -0.2) is 24.6 Å². The molecule has 0 fully saturated rings. The summed E-state index contributed by atoms with van der Waals surface area (Å²) in [6.45, 7) is 16.0. The number of esters is 1. The molecule has 2 aliphatic rings. The van der Waals surface area contributed by atoms with Crippen LogP contribution in [-0.4, -0.2) is 252 Å². The van der Waals surface area contributed by atoms with Crippen LogP contribution in [-0.2, 0) is 131 Å². The number of aliphatic hydroxyl groups is 1. The first kappa shape index (κ1) is 87.6. The Hall–Kier alpha value is -8.95. The third-order valence-corrected chi connectivity index (χ3v) is 19.3. The molecule has 8 rings (SSSR count). The summed E-state index contributed by atoms with van der Waals surface area (Å²) < 4.78 is 91.8. The van der Waals surface area contributed by atoms with Gasteiger partial charge in [-0.05, 0) is 100 Å². The second-order valence-corrected chi connectivity index (χ2v) is 28.7. The van der Waals surface area contributed by atoms with Crippen molar-refractivity contribution in [2.45, 2.75) is 130 Å². The Kier molecular flexibility index (Phi) is 34.5. The molecule has 8 N–H and O–H groups in total. The van der Waals surface area contributed by atoms with E-state index in [0.717, 1.165) is 27.6 Å². The molecule has 0 unspecified atom stereocenters. The van der Waals surface area contributed by atoms with Crippen LogP contribution in [0.4, 0.5) is 10.5 Å². The van der Waals surface area contributed by atoms with Crippen LogP contribution in [0.1, 0.15) is 94.3 Å². The van der Waals surface area contributed by atoms with Crippen molar-refractivity contribution in [2.75, 3.05) is 144 Å². The predicted molar refractivity (Wildman–Crippen MR) is 407 cm³/mol. The molecule has 2 aromatic carbocycles. The minimum atomic E-state index is -4.62. The number of aryl methyl sites for hydroxylation is 1. The van der Waals surface area contributed by atoms with Crippen LogP contribution in [0.3, 0.4) is 0 Å². The lowest BCUT2D eigenvalue weighted by molar-refractivity contribution is -0.172. The number of hydrazine groups is 1. The van der Waals surface area contributed by atoms with E-state index in [-0.39, 0.29) is 127 Å². The van der Waals surface area contributed by atoms with Gasteiger partial charge in [0.2, 0.25) is 29.5 Å². The van der Waals surface area contributed by atoms with E-state index in [1.165, 1.54) is 6.92 Å². The zero-order valence-corrected chi connectivity index (χ0v) is 65.2. The third kappa shape index (κ3) is 26.1. The van der Waals surface area contributed by atoms with Crippen LogP contribution < -0.4 is 37.6 Å². The van der Waals surface area contributed by atoms with Gasteiger partial charge in [-0.2, -0.15) is 8.42 Å². The first-order valence-corrected chi connectivity index (χ1v) is 38.9. The van der Waals surface area contributed by atoms with Crippen molar-refractivity contribution in [2.24, 2.45) is 5.92 Å². The summed E-state index contributed by atoms with van der Waals surface area (Å²) >= 11 is 0. The van der Waals surface area contributed by atoms with Crippen molar-refractivity contribution in [3.8, 4) is 11.4 Å². The Morgan fingerprint density at radius 1 is 0.712 bits per heavy atom. The first-order chi connectivity index (χ1) is 53.3. The summed E-state index contributed by atoms with van der Waals surface area (Å²) in [6, 6.07) is 18.0. The van der Waals surface area contributed by atoms with E-state index in [0.29, 0.717) is 113 Å². The molecule has 0 saturated carbocycles. The first-order valence-electron chi connectivity index (χ1n) is 37.3. The number of fused-ring (bicyclic) bond motifs is 6. The van der Waals surface area contributed by atoms with Crippen molar-refractivity contribution < 1.29 is 99.0 Å². The molecule has 0 spiro atoms. The Bertz CT molecular complexity index is 4270. The molecular weight excluding hydrogens is 1460 g/mol. The van der Waals surface area contributed by atoms with Crippen molar-refractivity contribution in [1.82, 2.24) is 55.7 Å². The number of hydrogen-bond acceptors (Lipinski definition) is 25. The Morgan fingerprint density at radius 3 is 1.91 bits per heavy atom. The van der Waals surface area contributed by atoms with Crippen molar-refractivity contribution in [1.29, 1.82) is 0 Å². The maximum absolute atomic E-state index is 14.0. The molecule has 2 aliphatic heterocycles. The van der Waals surface area contributed by atoms with Gasteiger partial charge < -0.3 is 93.1 Å². The second kappa shape index (κ2) is 43.8. The summed E-state index contributed by atoms with van der Waals surface area (Å²) in [5, 5.41) is 28.2. The van der Waals surface area contributed by atoms with E-state index in [1.807, 2.05) is 72.9 Å². The number of ether oxygens (including phenoxy) is 10. The topological polar surface area (TPSA) is 418 Å². The van der Waals surface area contributed by atoms with Gasteiger partial charge in [-0.1, -0.05) is 51.1 Å². The summed E-state index contributed by atoms with van der Waals surface area (Å²) in [5.41, 5.74) is 7.27. The largest absolute Gasteiger partial charge is 0.458 e. The van der Waals surface area contributed by atoms with Crippen molar-refractivity contribution >= 4 is 79.3 Å². The maximum Gasteiger partial charge on any atom is 0.410 e. The average Bonchev–Trinajstić information content (AvgIpc) is 1.60. The standard InChI is InChI=1S/C76H106N12O22S/c1-9-76(97)61-44-64-68-59(46-88(64)73(94)60(61)48-109-74(76)95)57(58-14-10-11-15-62(58)83-68)20-25-86(51(4)5)75(96)110-47-53-16-18-55(19-17-53)81-70(91)52(6)80-72(93)67(50(2)3)84-66(90)22-27-101-29-31-103-33-35-105-37-39-107-41-42-108-40-38-106-36-34-104-32-30-102-28-24-79-71(92)63(49-111(98,99)100)82-65(89)21-26-87-56(45-85(8)77-7)43-54-13-12-23-78-69(54)87/h10-19,23,43-44,50-52,63,67,77,97H,9,20-22,24-42,45-49H2,1-8H3,(H,79,92)(H,80,93)(H,81,91)(H,82,89)(H,84,90)(H,98,99,100)/t52-,63-,67-,76-/m0/s1. The lowest BCUT2D eigenvalue weighted by Gasteiger charge is -2.31. The number of carbonyl (C=O) groups excluding carboxylic acids is 7. The fourth-order valence-electron chi connectivity index (χ4n) is 12.4. The highest BCUT2D eigenvalue weighted by Crippen LogP contribution is 2.40. The molecule has 0 radical (unpaired) electrons. The van der Waals surface area contributed by atoms with Gasteiger partial charge in [0.15, 0.2) is 5.60 Å². The number of hydrogen-bond donors (Lipinski definition) is 8. The van der Waals surface area contributed by atoms with Gasteiger partial charge >= 0.3 is 12.1 Å². The van der Waals surface area contributed by atoms with Gasteiger partial charge in [0, 0.05) is 85.0 Å². The van der Waals surface area contributed by atoms with E-state index in [4.69, 9.17) is 52.4 Å². The van der Waals surface area contributed by atoms with Gasteiger partial charge in [0.25, 0.3) is 15.7 Å². The Balaban J connectivity index is 0.595. The lowest BCUT2D eigenvalue weighted by atomic mass is 9.86. The van der Waals surface area contributed by atoms with Crippen molar-refractivity contribution in [3.05, 3.63) is 123 Å². The lowest BCUT2D eigenvalue weighted by Crippen LogP contribution is -2.53. The molecule has 0 aliphatic carbocycles. The number of amides is 6. The van der Waals surface area contributed by atoms with Gasteiger partial charge in [-0.3, -0.25) is 38.7 Å². The van der Waals surface area contributed by atoms with Gasteiger partial charge in [0.1, 0.15) is 42.7 Å². The average molecular weight is 1570 g/mol. The molecule has 608 valence electrons. The summed E-state index contributed by atoms with van der Waals surface area (Å²) in [7, 11) is -0.971. The van der Waals surface area contributed by atoms with Gasteiger partial charge in [0.05, 0.1) is 141 Å². The van der Waals surface area contributed by atoms with Crippen LogP contribution in [0, 0.1) is 5.92 Å². The van der Waals surface area contributed by atoms with Gasteiger partial charge in [-0.15, -0.1) is 0 Å². The molecule has 4 aromatic heterocycles. The number of carbonyl (C=O) groups is 7. The maximum atomic E-state index is 14.0. The molecule has 0 bridgehead atoms. The van der Waals surface area contributed by atoms with Crippen LogP contribution in [0.15, 0.2) is 83.8 Å². The number of para-hydroxylation sites is 1. The highest BCUT2D eigenvalue weighted by molar-refractivity contribution is 7.85. The third-order valence-electron chi connectivity index (χ3n) is 18.5. The number of aromatic nitrogens is 4. The van der Waals surface area contributed by atoms with Crippen LogP contribution in [0.5, 0.6) is 0 Å².